The molecule has 0 aromatic carbocycles. The molecule has 0 aliphatic heterocycles. The summed E-state index contributed by atoms with van der Waals surface area (Å²) in [5, 5.41) is 0. The van der Waals surface area contributed by atoms with Crippen LogP contribution in [0, 0.1) is 19.8 Å². The highest BCUT2D eigenvalue weighted by atomic mass is 14.8. The maximum Gasteiger partial charge on any atom is 0.0621 e. The zero-order chi connectivity index (χ0) is 10.7. The third kappa shape index (κ3) is 2.77. The molecule has 0 saturated heterocycles. The minimum absolute atomic E-state index is 0.855. The van der Waals surface area contributed by atoms with E-state index in [-0.39, 0.29) is 0 Å². The second-order valence-corrected chi connectivity index (χ2v) is 4.75. The van der Waals surface area contributed by atoms with Gasteiger partial charge in [0.05, 0.1) is 17.1 Å². The molecule has 2 nitrogen and oxygen atoms in total. The zero-order valence-electron chi connectivity index (χ0n) is 9.79. The van der Waals surface area contributed by atoms with Crippen LogP contribution in [0.15, 0.2) is 6.20 Å². The molecule has 0 bridgehead atoms. The second-order valence-electron chi connectivity index (χ2n) is 4.75. The molecule has 1 aromatic rings. The normalized spacial score (nSPS) is 18.0. The minimum Gasteiger partial charge on any atom is -0.258 e. The van der Waals surface area contributed by atoms with Crippen LogP contribution >= 0.6 is 0 Å². The van der Waals surface area contributed by atoms with Crippen molar-refractivity contribution < 1.29 is 0 Å². The summed E-state index contributed by atoms with van der Waals surface area (Å²) in [4.78, 5) is 8.99. The van der Waals surface area contributed by atoms with E-state index in [0.29, 0.717) is 0 Å². The van der Waals surface area contributed by atoms with E-state index in [2.05, 4.69) is 16.9 Å². The molecule has 1 aliphatic rings. The summed E-state index contributed by atoms with van der Waals surface area (Å²) in [6, 6.07) is 0. The van der Waals surface area contributed by atoms with Crippen LogP contribution in [0.4, 0.5) is 0 Å². The molecule has 0 N–H and O–H groups in total. The van der Waals surface area contributed by atoms with Crippen LogP contribution in [0.2, 0.25) is 0 Å². The molecule has 1 heterocycles. The van der Waals surface area contributed by atoms with Gasteiger partial charge in [-0.15, -0.1) is 0 Å². The van der Waals surface area contributed by atoms with E-state index < -0.39 is 0 Å². The lowest BCUT2D eigenvalue weighted by atomic mass is 9.86. The molecule has 82 valence electrons. The van der Waals surface area contributed by atoms with Gasteiger partial charge in [-0.25, -0.2) is 0 Å². The van der Waals surface area contributed by atoms with E-state index in [1.165, 1.54) is 37.8 Å². The van der Waals surface area contributed by atoms with Gasteiger partial charge in [0.25, 0.3) is 0 Å². The molecular formula is C13H20N2. The van der Waals surface area contributed by atoms with Gasteiger partial charge in [0.15, 0.2) is 0 Å². The molecule has 2 heteroatoms. The highest BCUT2D eigenvalue weighted by molar-refractivity contribution is 5.12. The Morgan fingerprint density at radius 1 is 1.20 bits per heavy atom. The molecular weight excluding hydrogens is 184 g/mol. The van der Waals surface area contributed by atoms with Crippen molar-refractivity contribution in [1.29, 1.82) is 0 Å². The average molecular weight is 204 g/mol. The van der Waals surface area contributed by atoms with E-state index in [0.717, 1.165) is 23.7 Å². The number of hydrogen-bond donors (Lipinski definition) is 0. The van der Waals surface area contributed by atoms with Gasteiger partial charge in [0.2, 0.25) is 0 Å². The van der Waals surface area contributed by atoms with Crippen molar-refractivity contribution in [2.75, 3.05) is 0 Å². The molecule has 1 saturated carbocycles. The van der Waals surface area contributed by atoms with Gasteiger partial charge in [-0.05, 0) is 26.2 Å². The van der Waals surface area contributed by atoms with Crippen molar-refractivity contribution >= 4 is 0 Å². The smallest absolute Gasteiger partial charge is 0.0621 e. The fourth-order valence-corrected chi connectivity index (χ4v) is 2.45. The second kappa shape index (κ2) is 4.73. The predicted molar refractivity (Wildman–Crippen MR) is 61.8 cm³/mol. The number of aromatic nitrogens is 2. The van der Waals surface area contributed by atoms with Gasteiger partial charge in [0.1, 0.15) is 0 Å². The Hall–Kier alpha value is -0.920. The van der Waals surface area contributed by atoms with Crippen LogP contribution in [-0.4, -0.2) is 9.97 Å². The summed E-state index contributed by atoms with van der Waals surface area (Å²) in [6.45, 7) is 4.10. The third-order valence-electron chi connectivity index (χ3n) is 3.38. The van der Waals surface area contributed by atoms with Gasteiger partial charge in [-0.1, -0.05) is 32.1 Å². The molecule has 1 fully saturated rings. The fraction of sp³-hybridized carbons (Fsp3) is 0.692. The van der Waals surface area contributed by atoms with Crippen molar-refractivity contribution in [1.82, 2.24) is 9.97 Å². The van der Waals surface area contributed by atoms with E-state index >= 15 is 0 Å². The number of nitrogens with zero attached hydrogens (tertiary/aromatic N) is 2. The first-order valence-electron chi connectivity index (χ1n) is 6.05. The quantitative estimate of drug-likeness (QED) is 0.739. The zero-order valence-corrected chi connectivity index (χ0v) is 9.79. The number of hydrogen-bond acceptors (Lipinski definition) is 2. The lowest BCUT2D eigenvalue weighted by Gasteiger charge is -2.21. The molecule has 1 aliphatic carbocycles. The molecule has 15 heavy (non-hydrogen) atoms. The monoisotopic (exact) mass is 204 g/mol. The lowest BCUT2D eigenvalue weighted by Crippen LogP contribution is -2.12. The minimum atomic E-state index is 0.855. The van der Waals surface area contributed by atoms with Crippen LogP contribution in [0.1, 0.15) is 49.2 Å². The highest BCUT2D eigenvalue weighted by Gasteiger charge is 2.15. The molecule has 0 atom stereocenters. The first-order chi connectivity index (χ1) is 7.25. The Morgan fingerprint density at radius 3 is 2.67 bits per heavy atom. The van der Waals surface area contributed by atoms with E-state index in [9.17, 15) is 0 Å². The Labute approximate surface area is 92.1 Å². The van der Waals surface area contributed by atoms with E-state index in [1.54, 1.807) is 0 Å². The average Bonchev–Trinajstić information content (AvgIpc) is 2.25. The topological polar surface area (TPSA) is 25.8 Å². The number of rotatable bonds is 2. The molecule has 2 rings (SSSR count). The van der Waals surface area contributed by atoms with Gasteiger partial charge >= 0.3 is 0 Å². The maximum atomic E-state index is 4.60. The number of aryl methyl sites for hydroxylation is 2. The predicted octanol–water partition coefficient (Wildman–Crippen LogP) is 3.22. The Morgan fingerprint density at radius 2 is 1.93 bits per heavy atom. The molecule has 0 amide bonds. The summed E-state index contributed by atoms with van der Waals surface area (Å²) in [5.41, 5.74) is 3.39. The molecule has 0 spiro atoms. The first-order valence-corrected chi connectivity index (χ1v) is 6.05. The van der Waals surface area contributed by atoms with Crippen LogP contribution in [0.3, 0.4) is 0 Å². The van der Waals surface area contributed by atoms with Crippen molar-refractivity contribution in [3.63, 3.8) is 0 Å². The lowest BCUT2D eigenvalue weighted by molar-refractivity contribution is 0.353. The third-order valence-corrected chi connectivity index (χ3v) is 3.38. The van der Waals surface area contributed by atoms with Gasteiger partial charge in [-0.3, -0.25) is 9.97 Å². The largest absolute Gasteiger partial charge is 0.258 e. The fourth-order valence-electron chi connectivity index (χ4n) is 2.45. The molecule has 0 unspecified atom stereocenters. The summed E-state index contributed by atoms with van der Waals surface area (Å²) in [5.74, 6) is 0.855. The maximum absolute atomic E-state index is 4.60. The highest BCUT2D eigenvalue weighted by Crippen LogP contribution is 2.26. The van der Waals surface area contributed by atoms with E-state index in [1.807, 2.05) is 13.1 Å². The molecule has 1 aromatic heterocycles. The Balaban J connectivity index is 2.05. The molecule has 0 radical (unpaired) electrons. The van der Waals surface area contributed by atoms with E-state index in [4.69, 9.17) is 0 Å². The van der Waals surface area contributed by atoms with Crippen LogP contribution in [0.25, 0.3) is 0 Å². The van der Waals surface area contributed by atoms with Crippen molar-refractivity contribution in [2.45, 2.75) is 52.4 Å². The summed E-state index contributed by atoms with van der Waals surface area (Å²) >= 11 is 0. The van der Waals surface area contributed by atoms with Crippen LogP contribution in [-0.2, 0) is 6.42 Å². The van der Waals surface area contributed by atoms with Crippen molar-refractivity contribution in [3.8, 4) is 0 Å². The SMILES string of the molecule is Cc1cnc(C)c(CC2CCCCC2)n1. The van der Waals surface area contributed by atoms with Crippen molar-refractivity contribution in [3.05, 3.63) is 23.3 Å². The Bertz CT molecular complexity index is 327. The van der Waals surface area contributed by atoms with Crippen molar-refractivity contribution in [2.24, 2.45) is 5.92 Å². The summed E-state index contributed by atoms with van der Waals surface area (Å²) < 4.78 is 0. The summed E-state index contributed by atoms with van der Waals surface area (Å²) in [7, 11) is 0. The van der Waals surface area contributed by atoms with Crippen LogP contribution in [0.5, 0.6) is 0 Å². The van der Waals surface area contributed by atoms with Gasteiger partial charge in [-0.2, -0.15) is 0 Å². The van der Waals surface area contributed by atoms with Gasteiger partial charge in [0, 0.05) is 6.20 Å². The Kier molecular flexibility index (Phi) is 3.34. The standard InChI is InChI=1S/C13H20N2/c1-10-9-14-11(2)13(15-10)8-12-6-4-3-5-7-12/h9,12H,3-8H2,1-2H3. The first kappa shape index (κ1) is 10.6. The summed E-state index contributed by atoms with van der Waals surface area (Å²) in [6.07, 6.45) is 10.0. The van der Waals surface area contributed by atoms with Gasteiger partial charge < -0.3 is 0 Å². The van der Waals surface area contributed by atoms with Crippen LogP contribution < -0.4 is 0 Å².